The van der Waals surface area contributed by atoms with Crippen LogP contribution in [0.1, 0.15) is 52.3 Å². The molecule has 88 valence electrons. The molecular weight excluding hydrogens is 186 g/mol. The number of aryl methyl sites for hydroxylation is 2. The Morgan fingerprint density at radius 2 is 1.80 bits per heavy atom. The van der Waals surface area contributed by atoms with E-state index < -0.39 is 0 Å². The molecule has 0 aliphatic heterocycles. The molecule has 0 atom stereocenters. The summed E-state index contributed by atoms with van der Waals surface area (Å²) in [5.74, 6) is 0.254. The van der Waals surface area contributed by atoms with Gasteiger partial charge in [-0.1, -0.05) is 27.7 Å². The Kier molecular flexibility index (Phi) is 12.0. The van der Waals surface area contributed by atoms with Gasteiger partial charge in [-0.3, -0.25) is 0 Å². The highest BCUT2D eigenvalue weighted by Gasteiger charge is 1.97. The Labute approximate surface area is 94.1 Å². The van der Waals surface area contributed by atoms with Crippen LogP contribution < -0.4 is 0 Å². The average Bonchev–Trinajstić information content (AvgIpc) is 2.67. The fourth-order valence-corrected chi connectivity index (χ4v) is 1.03. The highest BCUT2D eigenvalue weighted by molar-refractivity contribution is 5.75. The number of Topliss-reactive ketones (excluding diaryl/α,β-unsaturated/α-hetero) is 1. The molecule has 0 saturated heterocycles. The lowest BCUT2D eigenvalue weighted by Gasteiger charge is -1.91. The zero-order chi connectivity index (χ0) is 12.3. The molecule has 1 aromatic rings. The molecule has 1 rings (SSSR count). The van der Waals surface area contributed by atoms with Crippen molar-refractivity contribution in [3.8, 4) is 0 Å². The summed E-state index contributed by atoms with van der Waals surface area (Å²) < 4.78 is 0. The van der Waals surface area contributed by atoms with Gasteiger partial charge in [-0.15, -0.1) is 0 Å². The number of aromatic nitrogens is 1. The highest BCUT2D eigenvalue weighted by atomic mass is 16.1. The second-order valence-electron chi connectivity index (χ2n) is 2.89. The molecule has 0 radical (unpaired) electrons. The van der Waals surface area contributed by atoms with Crippen LogP contribution in [0.5, 0.6) is 0 Å². The van der Waals surface area contributed by atoms with E-state index in [-0.39, 0.29) is 5.78 Å². The summed E-state index contributed by atoms with van der Waals surface area (Å²) in [5, 5.41) is 0. The number of rotatable bonds is 3. The van der Waals surface area contributed by atoms with E-state index >= 15 is 0 Å². The predicted octanol–water partition coefficient (Wildman–Crippen LogP) is 3.90. The first kappa shape index (κ1) is 16.4. The van der Waals surface area contributed by atoms with Crippen LogP contribution in [0.3, 0.4) is 0 Å². The standard InChI is InChI=1S/C9H13NO.2C2H6/c1-7-5-9(6-10-7)4-3-8(2)11;2*1-2/h5-6,10H,3-4H2,1-2H3;2*1-2H3. The minimum atomic E-state index is 0.254. The third-order valence-electron chi connectivity index (χ3n) is 1.65. The van der Waals surface area contributed by atoms with Crippen molar-refractivity contribution in [1.82, 2.24) is 4.98 Å². The first-order valence-corrected chi connectivity index (χ1v) is 5.82. The summed E-state index contributed by atoms with van der Waals surface area (Å²) in [7, 11) is 0. The Hall–Kier alpha value is -1.05. The molecule has 1 N–H and O–H groups in total. The number of ketones is 1. The van der Waals surface area contributed by atoms with Crippen molar-refractivity contribution < 1.29 is 4.79 Å². The summed E-state index contributed by atoms with van der Waals surface area (Å²) >= 11 is 0. The van der Waals surface area contributed by atoms with Crippen molar-refractivity contribution in [2.24, 2.45) is 0 Å². The molecule has 0 amide bonds. The Morgan fingerprint density at radius 1 is 1.27 bits per heavy atom. The third-order valence-corrected chi connectivity index (χ3v) is 1.65. The zero-order valence-electron chi connectivity index (χ0n) is 11.0. The maximum absolute atomic E-state index is 10.6. The van der Waals surface area contributed by atoms with E-state index in [1.807, 2.05) is 40.8 Å². The molecular formula is C13H25NO. The SMILES string of the molecule is CC.CC.CC(=O)CCc1c[nH]c(C)c1. The van der Waals surface area contributed by atoms with Gasteiger partial charge >= 0.3 is 0 Å². The lowest BCUT2D eigenvalue weighted by atomic mass is 10.1. The largest absolute Gasteiger partial charge is 0.365 e. The van der Waals surface area contributed by atoms with Crippen LogP contribution >= 0.6 is 0 Å². The van der Waals surface area contributed by atoms with Crippen molar-refractivity contribution in [2.75, 3.05) is 0 Å². The van der Waals surface area contributed by atoms with Crippen LogP contribution in [0.15, 0.2) is 12.3 Å². The van der Waals surface area contributed by atoms with Gasteiger partial charge in [0, 0.05) is 18.3 Å². The van der Waals surface area contributed by atoms with Crippen LogP contribution in [0, 0.1) is 6.92 Å². The van der Waals surface area contributed by atoms with Crippen LogP contribution in [0.4, 0.5) is 0 Å². The van der Waals surface area contributed by atoms with Crippen molar-refractivity contribution in [1.29, 1.82) is 0 Å². The quantitative estimate of drug-likeness (QED) is 0.808. The summed E-state index contributed by atoms with van der Waals surface area (Å²) in [6, 6.07) is 2.07. The van der Waals surface area contributed by atoms with Crippen molar-refractivity contribution in [2.45, 2.75) is 54.4 Å². The fourth-order valence-electron chi connectivity index (χ4n) is 1.03. The van der Waals surface area contributed by atoms with Crippen LogP contribution in [-0.2, 0) is 11.2 Å². The molecule has 0 bridgehead atoms. The van der Waals surface area contributed by atoms with Crippen LogP contribution in [0.25, 0.3) is 0 Å². The van der Waals surface area contributed by atoms with Gasteiger partial charge in [-0.25, -0.2) is 0 Å². The topological polar surface area (TPSA) is 32.9 Å². The molecule has 15 heavy (non-hydrogen) atoms. The maximum Gasteiger partial charge on any atom is 0.130 e. The number of nitrogens with one attached hydrogen (secondary N) is 1. The summed E-state index contributed by atoms with van der Waals surface area (Å²) in [4.78, 5) is 13.7. The molecule has 2 heteroatoms. The van der Waals surface area contributed by atoms with E-state index in [2.05, 4.69) is 11.1 Å². The Bertz CT molecular complexity index is 251. The van der Waals surface area contributed by atoms with E-state index in [9.17, 15) is 4.79 Å². The molecule has 0 fully saturated rings. The van der Waals surface area contributed by atoms with Gasteiger partial charge in [-0.05, 0) is 31.9 Å². The average molecular weight is 211 g/mol. The third kappa shape index (κ3) is 9.26. The predicted molar refractivity (Wildman–Crippen MR) is 67.2 cm³/mol. The zero-order valence-corrected chi connectivity index (χ0v) is 11.0. The van der Waals surface area contributed by atoms with Gasteiger partial charge < -0.3 is 9.78 Å². The number of carbonyl (C=O) groups excluding carboxylic acids is 1. The summed E-state index contributed by atoms with van der Waals surface area (Å²) in [5.41, 5.74) is 2.38. The lowest BCUT2D eigenvalue weighted by molar-refractivity contribution is -0.116. The van der Waals surface area contributed by atoms with E-state index in [4.69, 9.17) is 0 Å². The molecule has 0 aromatic carbocycles. The molecule has 0 unspecified atom stereocenters. The molecule has 0 aliphatic rings. The highest BCUT2D eigenvalue weighted by Crippen LogP contribution is 2.04. The number of aromatic amines is 1. The summed E-state index contributed by atoms with van der Waals surface area (Å²) in [6.45, 7) is 11.6. The van der Waals surface area contributed by atoms with Gasteiger partial charge in [0.2, 0.25) is 0 Å². The maximum atomic E-state index is 10.6. The molecule has 1 heterocycles. The molecule has 1 aromatic heterocycles. The van der Waals surface area contributed by atoms with E-state index in [0.717, 1.165) is 12.1 Å². The second kappa shape index (κ2) is 11.0. The molecule has 0 aliphatic carbocycles. The molecule has 0 saturated carbocycles. The Morgan fingerprint density at radius 3 is 2.13 bits per heavy atom. The van der Waals surface area contributed by atoms with Crippen LogP contribution in [0.2, 0.25) is 0 Å². The first-order valence-electron chi connectivity index (χ1n) is 5.82. The Balaban J connectivity index is 0. The summed E-state index contributed by atoms with van der Waals surface area (Å²) in [6.07, 6.45) is 3.47. The number of hydrogen-bond acceptors (Lipinski definition) is 1. The first-order chi connectivity index (χ1) is 7.18. The van der Waals surface area contributed by atoms with Crippen molar-refractivity contribution in [3.63, 3.8) is 0 Å². The van der Waals surface area contributed by atoms with Gasteiger partial charge in [0.1, 0.15) is 5.78 Å². The smallest absolute Gasteiger partial charge is 0.130 e. The van der Waals surface area contributed by atoms with E-state index in [1.165, 1.54) is 5.56 Å². The lowest BCUT2D eigenvalue weighted by Crippen LogP contribution is -1.91. The van der Waals surface area contributed by atoms with Crippen molar-refractivity contribution in [3.05, 3.63) is 23.5 Å². The van der Waals surface area contributed by atoms with Gasteiger partial charge in [0.05, 0.1) is 0 Å². The number of H-pyrrole nitrogens is 1. The molecule has 2 nitrogen and oxygen atoms in total. The minimum absolute atomic E-state index is 0.254. The van der Waals surface area contributed by atoms with Crippen molar-refractivity contribution >= 4 is 5.78 Å². The van der Waals surface area contributed by atoms with Gasteiger partial charge in [-0.2, -0.15) is 0 Å². The molecule has 0 spiro atoms. The number of carbonyl (C=O) groups is 1. The van der Waals surface area contributed by atoms with Gasteiger partial charge in [0.15, 0.2) is 0 Å². The monoisotopic (exact) mass is 211 g/mol. The fraction of sp³-hybridized carbons (Fsp3) is 0.615. The van der Waals surface area contributed by atoms with E-state index in [1.54, 1.807) is 6.92 Å². The minimum Gasteiger partial charge on any atom is -0.365 e. The number of hydrogen-bond donors (Lipinski definition) is 1. The van der Waals surface area contributed by atoms with Gasteiger partial charge in [0.25, 0.3) is 0 Å². The van der Waals surface area contributed by atoms with Crippen LogP contribution in [-0.4, -0.2) is 10.8 Å². The van der Waals surface area contributed by atoms with E-state index in [0.29, 0.717) is 6.42 Å². The normalized spacial score (nSPS) is 8.13. The second-order valence-corrected chi connectivity index (χ2v) is 2.89.